The van der Waals surface area contributed by atoms with E-state index in [9.17, 15) is 22.8 Å². The molecule has 29 heavy (non-hydrogen) atoms. The number of hydroxylamine groups is 2. The van der Waals surface area contributed by atoms with Crippen LogP contribution in [0.15, 0.2) is 30.6 Å². The second-order valence-corrected chi connectivity index (χ2v) is 7.67. The van der Waals surface area contributed by atoms with Crippen molar-refractivity contribution in [1.82, 2.24) is 25.8 Å². The lowest BCUT2D eigenvalue weighted by atomic mass is 10.0. The number of urea groups is 1. The quantitative estimate of drug-likeness (QED) is 0.441. The van der Waals surface area contributed by atoms with Crippen LogP contribution in [0, 0.1) is 5.92 Å². The van der Waals surface area contributed by atoms with Crippen molar-refractivity contribution >= 4 is 28.2 Å². The van der Waals surface area contributed by atoms with Gasteiger partial charge in [0, 0.05) is 24.9 Å². The average Bonchev–Trinajstić information content (AvgIpc) is 2.91. The van der Waals surface area contributed by atoms with E-state index in [4.69, 9.17) is 4.55 Å². The van der Waals surface area contributed by atoms with E-state index in [1.54, 1.807) is 26.2 Å². The maximum Gasteiger partial charge on any atom is 0.418 e. The molecular weight excluding hydrogens is 406 g/mol. The molecule has 1 aromatic rings. The van der Waals surface area contributed by atoms with Crippen LogP contribution in [0.3, 0.4) is 0 Å². The van der Waals surface area contributed by atoms with Crippen molar-refractivity contribution in [3.8, 4) is 0 Å². The molecule has 160 valence electrons. The molecule has 0 saturated carbocycles. The zero-order valence-corrected chi connectivity index (χ0v) is 16.7. The summed E-state index contributed by atoms with van der Waals surface area (Å²) in [5, 5.41) is 0.551. The van der Waals surface area contributed by atoms with Crippen LogP contribution in [-0.4, -0.2) is 64.4 Å². The standard InChI is InChI=1S/C11H18N4O7S.C5H5N/c1-6(2)9(16)12-13-10(17)8-4-3-7-5-14(8)11(18)15(7)22-23(19,20)21;1-2-4-6-5-3-1/h6-8H,3-5H2,1-2H3,(H,12,16)(H,13,17)(H,19,20,21);1-5H/t7-,8+;/m1./s1. The summed E-state index contributed by atoms with van der Waals surface area (Å²) in [4.78, 5) is 40.6. The van der Waals surface area contributed by atoms with E-state index in [-0.39, 0.29) is 24.8 Å². The van der Waals surface area contributed by atoms with Gasteiger partial charge in [-0.05, 0) is 25.0 Å². The van der Waals surface area contributed by atoms with Crippen molar-refractivity contribution in [2.24, 2.45) is 5.92 Å². The molecule has 13 heteroatoms. The second kappa shape index (κ2) is 9.62. The maximum absolute atomic E-state index is 12.1. The Bertz CT molecular complexity index is 807. The summed E-state index contributed by atoms with van der Waals surface area (Å²) in [5.74, 6) is -1.28. The van der Waals surface area contributed by atoms with E-state index in [1.807, 2.05) is 18.2 Å². The minimum atomic E-state index is -4.83. The number of hydrogen-bond donors (Lipinski definition) is 3. The molecule has 0 aliphatic carbocycles. The molecule has 2 fully saturated rings. The van der Waals surface area contributed by atoms with Gasteiger partial charge in [0.05, 0.1) is 6.04 Å². The Morgan fingerprint density at radius 2 is 1.86 bits per heavy atom. The fourth-order valence-electron chi connectivity index (χ4n) is 2.77. The van der Waals surface area contributed by atoms with Crippen LogP contribution >= 0.6 is 0 Å². The van der Waals surface area contributed by atoms with Gasteiger partial charge in [0.25, 0.3) is 5.91 Å². The zero-order valence-electron chi connectivity index (χ0n) is 15.9. The van der Waals surface area contributed by atoms with Crippen LogP contribution < -0.4 is 10.9 Å². The van der Waals surface area contributed by atoms with Gasteiger partial charge in [-0.15, -0.1) is 4.28 Å². The predicted octanol–water partition coefficient (Wildman–Crippen LogP) is -0.126. The number of piperidine rings is 1. The lowest BCUT2D eigenvalue weighted by Gasteiger charge is -2.29. The zero-order chi connectivity index (χ0) is 21.6. The summed E-state index contributed by atoms with van der Waals surface area (Å²) in [6.07, 6.45) is 4.08. The minimum Gasteiger partial charge on any atom is -0.309 e. The molecule has 0 unspecified atom stereocenters. The summed E-state index contributed by atoms with van der Waals surface area (Å²) in [6, 6.07) is 3.45. The van der Waals surface area contributed by atoms with E-state index in [2.05, 4.69) is 20.1 Å². The van der Waals surface area contributed by atoms with Crippen molar-refractivity contribution in [3.63, 3.8) is 0 Å². The van der Waals surface area contributed by atoms with Crippen molar-refractivity contribution in [3.05, 3.63) is 30.6 Å². The lowest BCUT2D eigenvalue weighted by molar-refractivity contribution is -0.133. The summed E-state index contributed by atoms with van der Waals surface area (Å²) in [5.41, 5.74) is 4.49. The average molecular weight is 429 g/mol. The van der Waals surface area contributed by atoms with E-state index in [0.29, 0.717) is 11.5 Å². The van der Waals surface area contributed by atoms with Crippen molar-refractivity contribution in [2.45, 2.75) is 38.8 Å². The van der Waals surface area contributed by atoms with Crippen LogP contribution in [-0.2, 0) is 24.3 Å². The molecule has 1 aromatic heterocycles. The third-order valence-electron chi connectivity index (χ3n) is 4.20. The molecule has 0 spiro atoms. The van der Waals surface area contributed by atoms with E-state index >= 15 is 0 Å². The van der Waals surface area contributed by atoms with Gasteiger partial charge >= 0.3 is 16.4 Å². The Morgan fingerprint density at radius 3 is 2.34 bits per heavy atom. The molecule has 12 nitrogen and oxygen atoms in total. The van der Waals surface area contributed by atoms with Crippen LogP contribution in [0.25, 0.3) is 0 Å². The minimum absolute atomic E-state index is 0.0879. The van der Waals surface area contributed by atoms with Gasteiger partial charge in [0.15, 0.2) is 0 Å². The first-order valence-electron chi connectivity index (χ1n) is 8.81. The molecule has 2 atom stereocenters. The highest BCUT2D eigenvalue weighted by molar-refractivity contribution is 7.80. The highest BCUT2D eigenvalue weighted by atomic mass is 32.3. The maximum atomic E-state index is 12.1. The Hall–Kier alpha value is -2.77. The van der Waals surface area contributed by atoms with Crippen LogP contribution in [0.2, 0.25) is 0 Å². The third kappa shape index (κ3) is 6.37. The number of pyridine rings is 1. The molecular formula is C16H23N5O7S. The first-order valence-corrected chi connectivity index (χ1v) is 10.2. The number of nitrogens with one attached hydrogen (secondary N) is 2. The summed E-state index contributed by atoms with van der Waals surface area (Å²) < 4.78 is 34.5. The SMILES string of the molecule is CC(C)C(=O)NNC(=O)[C@@H]1CC[C@@H]2CN1C(=O)N2OS(=O)(=O)O.c1ccncc1. The van der Waals surface area contributed by atoms with E-state index in [1.165, 1.54) is 0 Å². The number of fused-ring (bicyclic) bond motifs is 2. The van der Waals surface area contributed by atoms with Gasteiger partial charge in [0.2, 0.25) is 5.91 Å². The number of nitrogens with zero attached hydrogens (tertiary/aromatic N) is 3. The fourth-order valence-corrected chi connectivity index (χ4v) is 3.16. The topological polar surface area (TPSA) is 158 Å². The largest absolute Gasteiger partial charge is 0.418 e. The van der Waals surface area contributed by atoms with Crippen molar-refractivity contribution in [2.75, 3.05) is 6.54 Å². The molecule has 2 aliphatic heterocycles. The summed E-state index contributed by atoms with van der Waals surface area (Å²) in [7, 11) is -4.83. The number of rotatable bonds is 4. The number of carbonyl (C=O) groups is 3. The van der Waals surface area contributed by atoms with Gasteiger partial charge in [-0.3, -0.25) is 30.0 Å². The number of amides is 4. The molecule has 3 rings (SSSR count). The van der Waals surface area contributed by atoms with Gasteiger partial charge < -0.3 is 4.90 Å². The summed E-state index contributed by atoms with van der Waals surface area (Å²) in [6.45, 7) is 3.40. The van der Waals surface area contributed by atoms with Crippen LogP contribution in [0.4, 0.5) is 4.79 Å². The Labute approximate surface area is 168 Å². The number of carbonyl (C=O) groups excluding carboxylic acids is 3. The number of hydrazine groups is 1. The summed E-state index contributed by atoms with van der Waals surface area (Å²) >= 11 is 0. The van der Waals surface area contributed by atoms with Crippen molar-refractivity contribution < 1.29 is 31.6 Å². The van der Waals surface area contributed by atoms with Gasteiger partial charge in [-0.2, -0.15) is 13.5 Å². The van der Waals surface area contributed by atoms with Crippen LogP contribution in [0.1, 0.15) is 26.7 Å². The monoisotopic (exact) mass is 429 g/mol. The Balaban J connectivity index is 0.000000426. The smallest absolute Gasteiger partial charge is 0.309 e. The molecule has 4 amide bonds. The Kier molecular flexibility index (Phi) is 7.47. The second-order valence-electron chi connectivity index (χ2n) is 6.67. The Morgan fingerprint density at radius 1 is 1.21 bits per heavy atom. The molecule has 2 saturated heterocycles. The van der Waals surface area contributed by atoms with Crippen molar-refractivity contribution in [1.29, 1.82) is 0 Å². The number of hydrogen-bond acceptors (Lipinski definition) is 7. The molecule has 0 radical (unpaired) electrons. The number of aromatic nitrogens is 1. The van der Waals surface area contributed by atoms with Gasteiger partial charge in [-0.1, -0.05) is 19.9 Å². The fraction of sp³-hybridized carbons (Fsp3) is 0.500. The van der Waals surface area contributed by atoms with E-state index in [0.717, 1.165) is 4.90 Å². The molecule has 0 aromatic carbocycles. The normalized spacial score (nSPS) is 20.8. The van der Waals surface area contributed by atoms with Gasteiger partial charge in [-0.25, -0.2) is 4.79 Å². The first-order chi connectivity index (χ1) is 13.6. The van der Waals surface area contributed by atoms with E-state index < -0.39 is 34.4 Å². The lowest BCUT2D eigenvalue weighted by Crippen LogP contribution is -2.54. The molecule has 2 aliphatic rings. The highest BCUT2D eigenvalue weighted by Crippen LogP contribution is 2.30. The molecule has 3 N–H and O–H groups in total. The predicted molar refractivity (Wildman–Crippen MR) is 98.7 cm³/mol. The molecule has 3 heterocycles. The van der Waals surface area contributed by atoms with Crippen LogP contribution in [0.5, 0.6) is 0 Å². The highest BCUT2D eigenvalue weighted by Gasteiger charge is 2.49. The first kappa shape index (κ1) is 22.5. The van der Waals surface area contributed by atoms with Gasteiger partial charge in [0.1, 0.15) is 6.04 Å². The third-order valence-corrected chi connectivity index (χ3v) is 4.55. The molecule has 2 bridgehead atoms.